The van der Waals surface area contributed by atoms with Crippen molar-refractivity contribution in [3.8, 4) is 5.75 Å². The molecule has 1 aromatic carbocycles. The molecule has 3 N–H and O–H groups in total. The Balaban J connectivity index is 1.79. The normalized spacial score (nSPS) is 10.9. The van der Waals surface area contributed by atoms with Crippen LogP contribution in [0.4, 0.5) is 27.0 Å². The summed E-state index contributed by atoms with van der Waals surface area (Å²) in [6.45, 7) is 2.54. The van der Waals surface area contributed by atoms with Crippen LogP contribution in [0.15, 0.2) is 16.5 Å². The Morgan fingerprint density at radius 3 is 2.22 bits per heavy atom. The molecule has 0 atom stereocenters. The van der Waals surface area contributed by atoms with Crippen LogP contribution in [0, 0.1) is 36.0 Å². The largest absolute Gasteiger partial charge is 0.479 e. The first-order valence-electron chi connectivity index (χ1n) is 10.1. The van der Waals surface area contributed by atoms with E-state index in [1.807, 2.05) is 0 Å². The van der Waals surface area contributed by atoms with E-state index in [-0.39, 0.29) is 39.1 Å². The molecule has 2 heterocycles. The second-order valence-electron chi connectivity index (χ2n) is 7.17. The van der Waals surface area contributed by atoms with Crippen molar-refractivity contribution in [3.63, 3.8) is 0 Å². The fourth-order valence-corrected chi connectivity index (χ4v) is 3.99. The number of nitrogens with one attached hydrogen (secondary N) is 1. The van der Waals surface area contributed by atoms with Crippen LogP contribution in [0.2, 0.25) is 0 Å². The number of furan rings is 1. The summed E-state index contributed by atoms with van der Waals surface area (Å²) < 4.78 is 82.2. The van der Waals surface area contributed by atoms with Gasteiger partial charge in [-0.05, 0) is 31.0 Å². The van der Waals surface area contributed by atoms with Crippen LogP contribution >= 0.6 is 11.3 Å². The van der Waals surface area contributed by atoms with E-state index in [1.165, 1.54) is 6.92 Å². The molecule has 3 aromatic rings. The first-order valence-corrected chi connectivity index (χ1v) is 10.9. The van der Waals surface area contributed by atoms with Crippen molar-refractivity contribution in [2.45, 2.75) is 26.9 Å². The van der Waals surface area contributed by atoms with Crippen LogP contribution in [-0.4, -0.2) is 24.4 Å². The zero-order valence-corrected chi connectivity index (χ0v) is 19.4. The lowest BCUT2D eigenvalue weighted by Gasteiger charge is -2.09. The second kappa shape index (κ2) is 10.8. The minimum absolute atomic E-state index is 0.0186. The van der Waals surface area contributed by atoms with Crippen LogP contribution in [0.3, 0.4) is 0 Å². The molecule has 3 rings (SSSR count). The van der Waals surface area contributed by atoms with Crippen LogP contribution < -0.4 is 15.8 Å². The average Bonchev–Trinajstić information content (AvgIpc) is 3.44. The molecule has 36 heavy (non-hydrogen) atoms. The minimum atomic E-state index is -2.34. The molecule has 0 radical (unpaired) electrons. The van der Waals surface area contributed by atoms with Crippen molar-refractivity contribution >= 4 is 34.1 Å². The van der Waals surface area contributed by atoms with Gasteiger partial charge >= 0.3 is 5.97 Å². The molecule has 0 aliphatic rings. The highest BCUT2D eigenvalue weighted by molar-refractivity contribution is 7.18. The third-order valence-corrected chi connectivity index (χ3v) is 5.87. The molecule has 0 unspecified atom stereocenters. The number of nitrogens with two attached hydrogens (primary N) is 1. The van der Waals surface area contributed by atoms with E-state index < -0.39 is 59.2 Å². The SMILES string of the molecule is CCCOC(=O)c1c(NC(=O)c2ccc(COc3c(F)c(F)c(F)c(F)c3F)o2)sc(C(N)=O)c1C. The number of esters is 1. The third-order valence-electron chi connectivity index (χ3n) is 4.65. The first kappa shape index (κ1) is 26.7. The molecule has 2 aromatic heterocycles. The molecule has 2 amide bonds. The number of carbonyl (C=O) groups is 3. The Kier molecular flexibility index (Phi) is 7.97. The minimum Gasteiger partial charge on any atom is -0.479 e. The summed E-state index contributed by atoms with van der Waals surface area (Å²) in [5.41, 5.74) is 5.46. The standard InChI is InChI=1S/C22H17F5N2O6S/c1-3-6-33-22(32)11-8(2)18(19(28)30)36-21(11)29-20(31)10-5-4-9(35-10)7-34-17-15(26)13(24)12(23)14(25)16(17)27/h4-5H,3,6-7H2,1-2H3,(H2,28,30)(H,29,31). The molecule has 0 spiro atoms. The molecule has 8 nitrogen and oxygen atoms in total. The van der Waals surface area contributed by atoms with Gasteiger partial charge in [0.25, 0.3) is 11.8 Å². The monoisotopic (exact) mass is 532 g/mol. The Bertz CT molecular complexity index is 1320. The van der Waals surface area contributed by atoms with E-state index in [9.17, 15) is 36.3 Å². The van der Waals surface area contributed by atoms with E-state index in [1.54, 1.807) is 6.92 Å². The zero-order chi connectivity index (χ0) is 26.7. The molecule has 0 aliphatic heterocycles. The van der Waals surface area contributed by atoms with Crippen LogP contribution in [0.25, 0.3) is 0 Å². The summed E-state index contributed by atoms with van der Waals surface area (Å²) in [6, 6.07) is 2.29. The van der Waals surface area contributed by atoms with Crippen LogP contribution in [0.1, 0.15) is 55.3 Å². The van der Waals surface area contributed by atoms with Gasteiger partial charge in [-0.2, -0.15) is 8.78 Å². The van der Waals surface area contributed by atoms with Gasteiger partial charge in [-0.15, -0.1) is 11.3 Å². The highest BCUT2D eigenvalue weighted by Gasteiger charge is 2.28. The predicted molar refractivity (Wildman–Crippen MR) is 115 cm³/mol. The number of benzene rings is 1. The van der Waals surface area contributed by atoms with Crippen molar-refractivity contribution in [2.75, 3.05) is 11.9 Å². The van der Waals surface area contributed by atoms with E-state index in [0.717, 1.165) is 23.5 Å². The molecule has 192 valence electrons. The number of hydrogen-bond acceptors (Lipinski definition) is 7. The summed E-state index contributed by atoms with van der Waals surface area (Å²) in [5.74, 6) is -15.6. The van der Waals surface area contributed by atoms with Crippen molar-refractivity contribution in [1.82, 2.24) is 0 Å². The number of rotatable bonds is 9. The summed E-state index contributed by atoms with van der Waals surface area (Å²) in [6.07, 6.45) is 0.529. The Hall–Kier alpha value is -3.94. The number of hydrogen-bond donors (Lipinski definition) is 2. The molecular formula is C22H17F5N2O6S. The number of carbonyl (C=O) groups excluding carboxylic acids is 3. The average molecular weight is 532 g/mol. The van der Waals surface area contributed by atoms with Gasteiger partial charge in [0.05, 0.1) is 17.0 Å². The Morgan fingerprint density at radius 2 is 1.64 bits per heavy atom. The number of anilines is 1. The number of halogens is 5. The van der Waals surface area contributed by atoms with Crippen LogP contribution in [-0.2, 0) is 11.3 Å². The maximum absolute atomic E-state index is 13.7. The van der Waals surface area contributed by atoms with Gasteiger partial charge in [-0.25, -0.2) is 18.0 Å². The number of amides is 2. The Labute approximate surface area is 203 Å². The summed E-state index contributed by atoms with van der Waals surface area (Å²) >= 11 is 0.742. The van der Waals surface area contributed by atoms with E-state index in [2.05, 4.69) is 10.1 Å². The lowest BCUT2D eigenvalue weighted by Crippen LogP contribution is -2.15. The predicted octanol–water partition coefficient (Wildman–Crippen LogP) is 4.84. The summed E-state index contributed by atoms with van der Waals surface area (Å²) in [4.78, 5) is 36.8. The zero-order valence-electron chi connectivity index (χ0n) is 18.6. The first-order chi connectivity index (χ1) is 17.0. The molecule has 0 saturated heterocycles. The third kappa shape index (κ3) is 5.17. The van der Waals surface area contributed by atoms with E-state index in [4.69, 9.17) is 14.9 Å². The van der Waals surface area contributed by atoms with E-state index >= 15 is 0 Å². The Morgan fingerprint density at radius 1 is 1.03 bits per heavy atom. The molecule has 0 aliphatic carbocycles. The molecular weight excluding hydrogens is 515 g/mol. The van der Waals surface area contributed by atoms with Gasteiger partial charge in [0.1, 0.15) is 17.4 Å². The number of thiophene rings is 1. The highest BCUT2D eigenvalue weighted by Crippen LogP contribution is 2.34. The molecule has 0 fully saturated rings. The maximum atomic E-state index is 13.7. The van der Waals surface area contributed by atoms with Crippen molar-refractivity contribution in [3.05, 3.63) is 68.7 Å². The van der Waals surface area contributed by atoms with Gasteiger partial charge in [0, 0.05) is 0 Å². The van der Waals surface area contributed by atoms with Crippen LogP contribution in [0.5, 0.6) is 5.75 Å². The fraction of sp³-hybridized carbons (Fsp3) is 0.227. The smallest absolute Gasteiger partial charge is 0.341 e. The lowest BCUT2D eigenvalue weighted by molar-refractivity contribution is 0.0506. The number of ether oxygens (including phenoxy) is 2. The van der Waals surface area contributed by atoms with Gasteiger partial charge < -0.3 is 24.9 Å². The maximum Gasteiger partial charge on any atom is 0.341 e. The number of primary amides is 1. The van der Waals surface area contributed by atoms with Crippen molar-refractivity contribution < 1.29 is 50.2 Å². The fourth-order valence-electron chi connectivity index (χ4n) is 2.95. The van der Waals surface area contributed by atoms with Gasteiger partial charge in [0.15, 0.2) is 11.5 Å². The summed E-state index contributed by atoms with van der Waals surface area (Å²) in [7, 11) is 0. The molecule has 0 saturated carbocycles. The highest BCUT2D eigenvalue weighted by atomic mass is 32.1. The molecule has 0 bridgehead atoms. The second-order valence-corrected chi connectivity index (χ2v) is 8.19. The molecule has 14 heteroatoms. The van der Waals surface area contributed by atoms with Gasteiger partial charge in [-0.1, -0.05) is 6.92 Å². The van der Waals surface area contributed by atoms with Crippen molar-refractivity contribution in [1.29, 1.82) is 0 Å². The topological polar surface area (TPSA) is 121 Å². The van der Waals surface area contributed by atoms with E-state index in [0.29, 0.717) is 6.42 Å². The van der Waals surface area contributed by atoms with Gasteiger partial charge in [-0.3, -0.25) is 9.59 Å². The van der Waals surface area contributed by atoms with Gasteiger partial charge in [0.2, 0.25) is 29.1 Å². The quantitative estimate of drug-likeness (QED) is 0.176. The van der Waals surface area contributed by atoms with Crippen molar-refractivity contribution in [2.24, 2.45) is 5.73 Å². The summed E-state index contributed by atoms with van der Waals surface area (Å²) in [5, 5.41) is 2.36. The lowest BCUT2D eigenvalue weighted by atomic mass is 10.1.